The molecule has 7 nitrogen and oxygen atoms in total. The van der Waals surface area contributed by atoms with E-state index in [2.05, 4.69) is 5.10 Å². The zero-order valence-corrected chi connectivity index (χ0v) is 18.6. The van der Waals surface area contributed by atoms with Crippen LogP contribution in [-0.2, 0) is 31.3 Å². The van der Waals surface area contributed by atoms with Gasteiger partial charge in [0, 0.05) is 7.05 Å². The molecule has 32 heavy (non-hydrogen) atoms. The van der Waals surface area contributed by atoms with Gasteiger partial charge in [-0.1, -0.05) is 61.9 Å². The van der Waals surface area contributed by atoms with Crippen LogP contribution in [0.2, 0.25) is 0 Å². The Hall–Kier alpha value is -3.74. The van der Waals surface area contributed by atoms with E-state index in [1.807, 2.05) is 63.2 Å². The van der Waals surface area contributed by atoms with Gasteiger partial charge in [-0.05, 0) is 42.0 Å². The molecule has 7 heteroatoms. The number of carboxylic acid groups (broad SMARTS) is 1. The number of Topliss-reactive ketones (excluding diaryl/α,β-unsaturated/α-hetero) is 1. The van der Waals surface area contributed by atoms with Gasteiger partial charge < -0.3 is 9.84 Å². The Morgan fingerprint density at radius 3 is 2.16 bits per heavy atom. The summed E-state index contributed by atoms with van der Waals surface area (Å²) in [6, 6.07) is 13.2. The summed E-state index contributed by atoms with van der Waals surface area (Å²) in [6.07, 6.45) is 1.30. The summed E-state index contributed by atoms with van der Waals surface area (Å²) in [6.45, 7) is 6.00. The van der Waals surface area contributed by atoms with E-state index >= 15 is 0 Å². The third-order valence-electron chi connectivity index (χ3n) is 5.29. The number of aryl methyl sites for hydroxylation is 4. The lowest BCUT2D eigenvalue weighted by Crippen LogP contribution is -2.28. The van der Waals surface area contributed by atoms with Crippen LogP contribution in [0.25, 0.3) is 11.1 Å². The van der Waals surface area contributed by atoms with Crippen LogP contribution in [0.3, 0.4) is 0 Å². The predicted molar refractivity (Wildman–Crippen MR) is 121 cm³/mol. The maximum Gasteiger partial charge on any atom is 0.379 e. The molecule has 3 aromatic rings. The summed E-state index contributed by atoms with van der Waals surface area (Å²) in [5.41, 5.74) is 3.69. The first-order valence-corrected chi connectivity index (χ1v) is 10.5. The molecule has 1 aromatic heterocycles. The van der Waals surface area contributed by atoms with Crippen LogP contribution >= 0.6 is 0 Å². The van der Waals surface area contributed by atoms with Crippen molar-refractivity contribution in [2.24, 2.45) is 7.05 Å². The fraction of sp³-hybridized carbons (Fsp3) is 0.280. The molecule has 0 saturated heterocycles. The summed E-state index contributed by atoms with van der Waals surface area (Å²) < 4.78 is 6.98. The molecule has 0 spiro atoms. The minimum Gasteiger partial charge on any atom is -0.486 e. The topological polar surface area (TPSA) is 98.5 Å². The minimum atomic E-state index is -1.66. The van der Waals surface area contributed by atoms with E-state index in [-0.39, 0.29) is 17.9 Å². The number of rotatable bonds is 8. The lowest BCUT2D eigenvalue weighted by atomic mass is 9.89. The molecule has 0 aliphatic carbocycles. The maximum atomic E-state index is 13.3. The highest BCUT2D eigenvalue weighted by Crippen LogP contribution is 2.36. The molecule has 0 atom stereocenters. The Bertz CT molecular complexity index is 1200. The lowest BCUT2D eigenvalue weighted by molar-refractivity contribution is -0.131. The van der Waals surface area contributed by atoms with E-state index in [9.17, 15) is 19.5 Å². The van der Waals surface area contributed by atoms with Crippen molar-refractivity contribution in [3.05, 3.63) is 80.8 Å². The van der Waals surface area contributed by atoms with E-state index in [0.717, 1.165) is 26.9 Å². The van der Waals surface area contributed by atoms with Gasteiger partial charge in [-0.3, -0.25) is 9.59 Å². The fourth-order valence-electron chi connectivity index (χ4n) is 3.78. The molecule has 0 fully saturated rings. The summed E-state index contributed by atoms with van der Waals surface area (Å²) in [5.74, 6) is -2.99. The Labute approximate surface area is 186 Å². The standard InChI is InChI=1S/C25H26N2O5/c1-5-17-12-15(3)13-18(6-2)19(17)20-23(32-14-16-10-8-7-9-11-16)21(22(28)25(30)31)26-27(4)24(20)29/h7-13H,5-6,14H2,1-4H3,(H,30,31). The van der Waals surface area contributed by atoms with Gasteiger partial charge in [-0.25, -0.2) is 9.48 Å². The van der Waals surface area contributed by atoms with Gasteiger partial charge in [0.25, 0.3) is 11.3 Å². The van der Waals surface area contributed by atoms with Gasteiger partial charge in [-0.15, -0.1) is 0 Å². The third kappa shape index (κ3) is 4.46. The molecule has 2 aromatic carbocycles. The number of benzene rings is 2. The van der Waals surface area contributed by atoms with Gasteiger partial charge in [0.15, 0.2) is 11.4 Å². The highest BCUT2D eigenvalue weighted by molar-refractivity contribution is 6.40. The number of aliphatic carboxylic acids is 1. The summed E-state index contributed by atoms with van der Waals surface area (Å²) in [4.78, 5) is 37.4. The van der Waals surface area contributed by atoms with Crippen LogP contribution in [-0.4, -0.2) is 26.6 Å². The highest BCUT2D eigenvalue weighted by Gasteiger charge is 2.30. The number of nitrogens with zero attached hydrogens (tertiary/aromatic N) is 2. The highest BCUT2D eigenvalue weighted by atomic mass is 16.5. The molecule has 0 aliphatic heterocycles. The first kappa shape index (κ1) is 22.9. The SMILES string of the molecule is CCc1cc(C)cc(CC)c1-c1c(OCc2ccccc2)c(C(=O)C(=O)O)nn(C)c1=O. The molecule has 3 rings (SSSR count). The summed E-state index contributed by atoms with van der Waals surface area (Å²) >= 11 is 0. The molecule has 0 aliphatic rings. The maximum absolute atomic E-state index is 13.3. The van der Waals surface area contributed by atoms with Crippen LogP contribution in [0.5, 0.6) is 5.75 Å². The zero-order valence-electron chi connectivity index (χ0n) is 18.6. The molecule has 0 saturated carbocycles. The molecule has 0 unspecified atom stereocenters. The van der Waals surface area contributed by atoms with Crippen LogP contribution in [0, 0.1) is 6.92 Å². The van der Waals surface area contributed by atoms with Crippen molar-refractivity contribution in [3.63, 3.8) is 0 Å². The second kappa shape index (κ2) is 9.60. The van der Waals surface area contributed by atoms with Crippen molar-refractivity contribution in [2.75, 3.05) is 0 Å². The molecular formula is C25H26N2O5. The van der Waals surface area contributed by atoms with E-state index in [1.165, 1.54) is 7.05 Å². The Kier molecular flexibility index (Phi) is 6.88. The van der Waals surface area contributed by atoms with Crippen LogP contribution in [0.15, 0.2) is 47.3 Å². The predicted octanol–water partition coefficient (Wildman–Crippen LogP) is 3.73. The monoisotopic (exact) mass is 434 g/mol. The summed E-state index contributed by atoms with van der Waals surface area (Å²) in [7, 11) is 1.40. The van der Waals surface area contributed by atoms with Gasteiger partial charge >= 0.3 is 5.97 Å². The number of ketones is 1. The minimum absolute atomic E-state index is 0.0529. The van der Waals surface area contributed by atoms with Gasteiger partial charge in [0.2, 0.25) is 0 Å². The lowest BCUT2D eigenvalue weighted by Gasteiger charge is -2.20. The molecule has 1 N–H and O–H groups in total. The molecule has 0 amide bonds. The molecule has 0 radical (unpaired) electrons. The number of carbonyl (C=O) groups excluding carboxylic acids is 1. The van der Waals surface area contributed by atoms with Crippen LogP contribution in [0.4, 0.5) is 0 Å². The molecule has 0 bridgehead atoms. The molecule has 166 valence electrons. The van der Waals surface area contributed by atoms with Gasteiger partial charge in [-0.2, -0.15) is 5.10 Å². The van der Waals surface area contributed by atoms with E-state index < -0.39 is 23.0 Å². The second-order valence-corrected chi connectivity index (χ2v) is 7.56. The van der Waals surface area contributed by atoms with Gasteiger partial charge in [0.1, 0.15) is 6.61 Å². The second-order valence-electron chi connectivity index (χ2n) is 7.56. The van der Waals surface area contributed by atoms with Crippen molar-refractivity contribution < 1.29 is 19.4 Å². The van der Waals surface area contributed by atoms with Crippen molar-refractivity contribution in [2.45, 2.75) is 40.2 Å². The quantitative estimate of drug-likeness (QED) is 0.429. The summed E-state index contributed by atoms with van der Waals surface area (Å²) in [5, 5.41) is 13.3. The Balaban J connectivity index is 2.36. The molecule has 1 heterocycles. The zero-order chi connectivity index (χ0) is 23.4. The average Bonchev–Trinajstić information content (AvgIpc) is 2.79. The fourth-order valence-corrected chi connectivity index (χ4v) is 3.78. The van der Waals surface area contributed by atoms with E-state index in [1.54, 1.807) is 0 Å². The number of ether oxygens (including phenoxy) is 1. The number of hydrogen-bond donors (Lipinski definition) is 1. The number of aromatic nitrogens is 2. The number of carboxylic acids is 1. The molecular weight excluding hydrogens is 408 g/mol. The first-order chi connectivity index (χ1) is 15.3. The Morgan fingerprint density at radius 2 is 1.62 bits per heavy atom. The van der Waals surface area contributed by atoms with E-state index in [4.69, 9.17) is 4.74 Å². The van der Waals surface area contributed by atoms with Crippen molar-refractivity contribution in [3.8, 4) is 16.9 Å². The Morgan fingerprint density at radius 1 is 1.03 bits per heavy atom. The van der Waals surface area contributed by atoms with Crippen molar-refractivity contribution in [1.29, 1.82) is 0 Å². The van der Waals surface area contributed by atoms with Crippen LogP contribution in [0.1, 0.15) is 46.6 Å². The van der Waals surface area contributed by atoms with E-state index in [0.29, 0.717) is 18.4 Å². The van der Waals surface area contributed by atoms with Crippen molar-refractivity contribution in [1.82, 2.24) is 9.78 Å². The van der Waals surface area contributed by atoms with Crippen molar-refractivity contribution >= 4 is 11.8 Å². The third-order valence-corrected chi connectivity index (χ3v) is 5.29. The van der Waals surface area contributed by atoms with Gasteiger partial charge in [0.05, 0.1) is 5.56 Å². The number of hydrogen-bond acceptors (Lipinski definition) is 5. The van der Waals surface area contributed by atoms with Crippen LogP contribution < -0.4 is 10.3 Å². The number of carbonyl (C=O) groups is 2. The smallest absolute Gasteiger partial charge is 0.379 e. The normalized spacial score (nSPS) is 10.8. The first-order valence-electron chi connectivity index (χ1n) is 10.5. The largest absolute Gasteiger partial charge is 0.486 e. The average molecular weight is 434 g/mol.